The number of amides is 1. The summed E-state index contributed by atoms with van der Waals surface area (Å²) in [6.45, 7) is 3.71. The third kappa shape index (κ3) is 3.28. The predicted octanol–water partition coefficient (Wildman–Crippen LogP) is 2.77. The van der Waals surface area contributed by atoms with Gasteiger partial charge in [0.1, 0.15) is 6.54 Å². The number of likely N-dealkylation sites (N-methyl/N-ethyl adjacent to an activating group) is 1. The van der Waals surface area contributed by atoms with Crippen LogP contribution in [0, 0.1) is 13.8 Å². The van der Waals surface area contributed by atoms with Gasteiger partial charge in [-0.15, -0.1) is 0 Å². The molecule has 116 valence electrons. The van der Waals surface area contributed by atoms with Crippen molar-refractivity contribution in [2.24, 2.45) is 0 Å². The van der Waals surface area contributed by atoms with Gasteiger partial charge >= 0.3 is 5.97 Å². The molecule has 1 N–H and O–H groups in total. The van der Waals surface area contributed by atoms with Gasteiger partial charge in [-0.1, -0.05) is 19.3 Å². The van der Waals surface area contributed by atoms with Crippen LogP contribution in [-0.2, 0) is 4.79 Å². The Labute approximate surface area is 125 Å². The standard InChI is InChI=1S/C16H24N2O3/c1-11-9-14(16(21)17(3)10-15(19)20)12(2)18(11)13-7-5-4-6-8-13/h9,13H,4-8,10H2,1-3H3,(H,19,20). The number of carboxylic acid groups (broad SMARTS) is 1. The lowest BCUT2D eigenvalue weighted by Gasteiger charge is -2.26. The number of carboxylic acids is 1. The largest absolute Gasteiger partial charge is 0.480 e. The molecule has 1 amide bonds. The van der Waals surface area contributed by atoms with E-state index in [-0.39, 0.29) is 12.5 Å². The first-order valence-corrected chi connectivity index (χ1v) is 7.57. The summed E-state index contributed by atoms with van der Waals surface area (Å²) >= 11 is 0. The minimum atomic E-state index is -0.994. The highest BCUT2D eigenvalue weighted by Crippen LogP contribution is 2.32. The summed E-state index contributed by atoms with van der Waals surface area (Å²) in [6.07, 6.45) is 6.10. The van der Waals surface area contributed by atoms with Crippen LogP contribution in [0.4, 0.5) is 0 Å². The predicted molar refractivity (Wildman–Crippen MR) is 80.6 cm³/mol. The Bertz CT molecular complexity index is 542. The number of nitrogens with zero attached hydrogens (tertiary/aromatic N) is 2. The minimum absolute atomic E-state index is 0.215. The van der Waals surface area contributed by atoms with Crippen molar-refractivity contribution in [2.75, 3.05) is 13.6 Å². The lowest BCUT2D eigenvalue weighted by atomic mass is 9.95. The Morgan fingerprint density at radius 3 is 2.48 bits per heavy atom. The number of hydrogen-bond donors (Lipinski definition) is 1. The lowest BCUT2D eigenvalue weighted by molar-refractivity contribution is -0.137. The third-order valence-corrected chi connectivity index (χ3v) is 4.37. The Hall–Kier alpha value is -1.78. The molecule has 0 aliphatic heterocycles. The zero-order valence-electron chi connectivity index (χ0n) is 13.1. The van der Waals surface area contributed by atoms with Gasteiger partial charge < -0.3 is 14.6 Å². The molecule has 0 aromatic carbocycles. The van der Waals surface area contributed by atoms with Crippen molar-refractivity contribution in [1.29, 1.82) is 0 Å². The molecule has 5 heteroatoms. The fourth-order valence-corrected chi connectivity index (χ4v) is 3.38. The number of aromatic nitrogens is 1. The molecule has 1 aromatic heterocycles. The van der Waals surface area contributed by atoms with Gasteiger partial charge in [-0.25, -0.2) is 0 Å². The van der Waals surface area contributed by atoms with Gasteiger partial charge in [0.2, 0.25) is 0 Å². The quantitative estimate of drug-likeness (QED) is 0.928. The first kappa shape index (κ1) is 15.6. The minimum Gasteiger partial charge on any atom is -0.480 e. The number of aryl methyl sites for hydroxylation is 1. The van der Waals surface area contributed by atoms with Crippen molar-refractivity contribution in [3.63, 3.8) is 0 Å². The van der Waals surface area contributed by atoms with Crippen LogP contribution in [0.25, 0.3) is 0 Å². The van der Waals surface area contributed by atoms with E-state index in [2.05, 4.69) is 4.57 Å². The van der Waals surface area contributed by atoms with E-state index in [9.17, 15) is 9.59 Å². The van der Waals surface area contributed by atoms with E-state index < -0.39 is 5.97 Å². The maximum Gasteiger partial charge on any atom is 0.323 e. The van der Waals surface area contributed by atoms with E-state index in [1.54, 1.807) is 0 Å². The molecule has 1 aromatic rings. The molecule has 5 nitrogen and oxygen atoms in total. The second kappa shape index (κ2) is 6.33. The van der Waals surface area contributed by atoms with Gasteiger partial charge in [0.15, 0.2) is 0 Å². The van der Waals surface area contributed by atoms with Crippen LogP contribution in [0.5, 0.6) is 0 Å². The first-order chi connectivity index (χ1) is 9.91. The summed E-state index contributed by atoms with van der Waals surface area (Å²) < 4.78 is 2.26. The molecule has 1 aliphatic rings. The Morgan fingerprint density at radius 2 is 1.90 bits per heavy atom. The third-order valence-electron chi connectivity index (χ3n) is 4.37. The number of carbonyl (C=O) groups excluding carboxylic acids is 1. The fraction of sp³-hybridized carbons (Fsp3) is 0.625. The highest BCUT2D eigenvalue weighted by atomic mass is 16.4. The summed E-state index contributed by atoms with van der Waals surface area (Å²) in [6, 6.07) is 2.37. The zero-order chi connectivity index (χ0) is 15.6. The average molecular weight is 292 g/mol. The second-order valence-corrected chi connectivity index (χ2v) is 6.00. The molecule has 1 aliphatic carbocycles. The summed E-state index contributed by atoms with van der Waals surface area (Å²) in [5, 5.41) is 8.81. The van der Waals surface area contributed by atoms with Gasteiger partial charge in [-0.05, 0) is 32.8 Å². The number of carbonyl (C=O) groups is 2. The smallest absolute Gasteiger partial charge is 0.323 e. The van der Waals surface area contributed by atoms with Crippen LogP contribution in [0.1, 0.15) is 59.9 Å². The molecule has 0 atom stereocenters. The van der Waals surface area contributed by atoms with Gasteiger partial charge in [0, 0.05) is 24.5 Å². The molecular weight excluding hydrogens is 268 g/mol. The fourth-order valence-electron chi connectivity index (χ4n) is 3.38. The molecule has 21 heavy (non-hydrogen) atoms. The molecular formula is C16H24N2O3. The Balaban J connectivity index is 2.25. The normalized spacial score (nSPS) is 16.0. The zero-order valence-corrected chi connectivity index (χ0v) is 13.1. The topological polar surface area (TPSA) is 62.5 Å². The van der Waals surface area contributed by atoms with Crippen LogP contribution in [0.15, 0.2) is 6.07 Å². The number of hydrogen-bond acceptors (Lipinski definition) is 2. The second-order valence-electron chi connectivity index (χ2n) is 6.00. The van der Waals surface area contributed by atoms with Crippen LogP contribution in [0.2, 0.25) is 0 Å². The summed E-state index contributed by atoms with van der Waals surface area (Å²) in [4.78, 5) is 24.4. The van der Waals surface area contributed by atoms with Gasteiger partial charge in [0.25, 0.3) is 5.91 Å². The van der Waals surface area contributed by atoms with Crippen molar-refractivity contribution in [3.8, 4) is 0 Å². The van der Waals surface area contributed by atoms with Gasteiger partial charge in [0.05, 0.1) is 5.56 Å². The van der Waals surface area contributed by atoms with Crippen LogP contribution < -0.4 is 0 Å². The van der Waals surface area contributed by atoms with Crippen LogP contribution in [0.3, 0.4) is 0 Å². The van der Waals surface area contributed by atoms with E-state index in [4.69, 9.17) is 5.11 Å². The van der Waals surface area contributed by atoms with E-state index in [1.807, 2.05) is 19.9 Å². The number of rotatable bonds is 4. The first-order valence-electron chi connectivity index (χ1n) is 7.57. The average Bonchev–Trinajstić information content (AvgIpc) is 2.73. The SMILES string of the molecule is Cc1cc(C(=O)N(C)CC(=O)O)c(C)n1C1CCCCC1. The molecule has 1 fully saturated rings. The van der Waals surface area contributed by atoms with Crippen molar-refractivity contribution >= 4 is 11.9 Å². The maximum absolute atomic E-state index is 12.4. The van der Waals surface area contributed by atoms with Crippen molar-refractivity contribution in [2.45, 2.75) is 52.0 Å². The lowest BCUT2D eigenvalue weighted by Crippen LogP contribution is -2.32. The van der Waals surface area contributed by atoms with E-state index in [1.165, 1.54) is 31.2 Å². The highest BCUT2D eigenvalue weighted by Gasteiger charge is 2.24. The van der Waals surface area contributed by atoms with E-state index in [0.717, 1.165) is 24.2 Å². The molecule has 0 radical (unpaired) electrons. The summed E-state index contributed by atoms with van der Waals surface area (Å²) in [5.74, 6) is -1.21. The molecule has 1 heterocycles. The van der Waals surface area contributed by atoms with E-state index in [0.29, 0.717) is 11.6 Å². The van der Waals surface area contributed by atoms with Crippen LogP contribution >= 0.6 is 0 Å². The molecule has 0 bridgehead atoms. The van der Waals surface area contributed by atoms with Crippen molar-refractivity contribution in [1.82, 2.24) is 9.47 Å². The molecule has 2 rings (SSSR count). The molecule has 1 saturated carbocycles. The molecule has 0 saturated heterocycles. The monoisotopic (exact) mass is 292 g/mol. The highest BCUT2D eigenvalue weighted by molar-refractivity contribution is 5.97. The van der Waals surface area contributed by atoms with E-state index >= 15 is 0 Å². The van der Waals surface area contributed by atoms with Gasteiger partial charge in [-0.3, -0.25) is 9.59 Å². The van der Waals surface area contributed by atoms with Crippen molar-refractivity contribution in [3.05, 3.63) is 23.0 Å². The summed E-state index contributed by atoms with van der Waals surface area (Å²) in [5.41, 5.74) is 2.68. The molecule has 0 unspecified atom stereocenters. The Morgan fingerprint density at radius 1 is 1.29 bits per heavy atom. The Kier molecular flexibility index (Phi) is 4.70. The molecule has 0 spiro atoms. The number of aliphatic carboxylic acids is 1. The maximum atomic E-state index is 12.4. The van der Waals surface area contributed by atoms with Crippen LogP contribution in [-0.4, -0.2) is 40.0 Å². The summed E-state index contributed by atoms with van der Waals surface area (Å²) in [7, 11) is 1.53. The van der Waals surface area contributed by atoms with Gasteiger partial charge in [-0.2, -0.15) is 0 Å². The van der Waals surface area contributed by atoms with Crippen molar-refractivity contribution < 1.29 is 14.7 Å².